The maximum Gasteiger partial charge on any atom is 0.329 e. The molecule has 1 heterocycles. The number of hydrogen-bond acceptors (Lipinski definition) is 4. The number of amides is 3. The van der Waals surface area contributed by atoms with Gasteiger partial charge in [-0.2, -0.15) is 0 Å². The second-order valence-corrected chi connectivity index (χ2v) is 7.30. The Labute approximate surface area is 189 Å². The molecule has 168 valence electrons. The molecule has 1 aliphatic heterocycles. The summed E-state index contributed by atoms with van der Waals surface area (Å²) in [6.07, 6.45) is 1.50. The van der Waals surface area contributed by atoms with E-state index in [1.807, 2.05) is 0 Å². The molecule has 1 N–H and O–H groups in total. The smallest absolute Gasteiger partial charge is 0.329 e. The summed E-state index contributed by atoms with van der Waals surface area (Å²) in [7, 11) is 1.47. The van der Waals surface area contributed by atoms with Crippen LogP contribution in [0.5, 0.6) is 11.5 Å². The van der Waals surface area contributed by atoms with Crippen molar-refractivity contribution < 1.29 is 27.8 Å². The highest BCUT2D eigenvalue weighted by Gasteiger charge is 2.34. The van der Waals surface area contributed by atoms with Crippen LogP contribution >= 0.6 is 0 Å². The van der Waals surface area contributed by atoms with Crippen LogP contribution in [0.1, 0.15) is 16.7 Å². The first-order chi connectivity index (χ1) is 15.9. The van der Waals surface area contributed by atoms with E-state index in [1.165, 1.54) is 43.5 Å². The number of ether oxygens (including phenoxy) is 2. The minimum absolute atomic E-state index is 0.0619. The maximum atomic E-state index is 13.9. The second kappa shape index (κ2) is 9.52. The van der Waals surface area contributed by atoms with E-state index in [0.29, 0.717) is 22.6 Å². The molecule has 3 amide bonds. The van der Waals surface area contributed by atoms with Crippen molar-refractivity contribution in [3.63, 3.8) is 0 Å². The summed E-state index contributed by atoms with van der Waals surface area (Å²) >= 11 is 0. The van der Waals surface area contributed by atoms with Crippen LogP contribution in [0.3, 0.4) is 0 Å². The molecular formula is C25H20F2N2O4. The number of carbonyl (C=O) groups is 2. The number of benzene rings is 3. The lowest BCUT2D eigenvalue weighted by Crippen LogP contribution is -2.30. The molecule has 6 nitrogen and oxygen atoms in total. The van der Waals surface area contributed by atoms with Gasteiger partial charge in [-0.15, -0.1) is 0 Å². The molecule has 4 rings (SSSR count). The number of methoxy groups -OCH3 is 1. The normalized spacial score (nSPS) is 14.5. The Morgan fingerprint density at radius 3 is 2.55 bits per heavy atom. The van der Waals surface area contributed by atoms with Crippen molar-refractivity contribution in [3.8, 4) is 11.5 Å². The summed E-state index contributed by atoms with van der Waals surface area (Å²) < 4.78 is 38.4. The van der Waals surface area contributed by atoms with Gasteiger partial charge in [-0.3, -0.25) is 9.69 Å². The van der Waals surface area contributed by atoms with Crippen LogP contribution in [0.15, 0.2) is 72.4 Å². The quantitative estimate of drug-likeness (QED) is 0.421. The molecule has 1 saturated heterocycles. The van der Waals surface area contributed by atoms with Crippen molar-refractivity contribution in [1.82, 2.24) is 10.2 Å². The Morgan fingerprint density at radius 2 is 1.79 bits per heavy atom. The van der Waals surface area contributed by atoms with Crippen molar-refractivity contribution in [2.45, 2.75) is 13.2 Å². The molecule has 0 atom stereocenters. The summed E-state index contributed by atoms with van der Waals surface area (Å²) in [5.41, 5.74) is 1.55. The molecule has 0 saturated carbocycles. The minimum Gasteiger partial charge on any atom is -0.493 e. The zero-order chi connectivity index (χ0) is 23.4. The molecule has 3 aromatic rings. The largest absolute Gasteiger partial charge is 0.493 e. The van der Waals surface area contributed by atoms with Gasteiger partial charge >= 0.3 is 6.03 Å². The van der Waals surface area contributed by atoms with E-state index in [0.717, 1.165) is 4.90 Å². The van der Waals surface area contributed by atoms with Gasteiger partial charge in [-0.1, -0.05) is 36.4 Å². The molecular weight excluding hydrogens is 430 g/mol. The lowest BCUT2D eigenvalue weighted by Gasteiger charge is -2.12. The number of urea groups is 1. The first-order valence-electron chi connectivity index (χ1n) is 10.1. The van der Waals surface area contributed by atoms with E-state index in [1.54, 1.807) is 36.4 Å². The average Bonchev–Trinajstić information content (AvgIpc) is 3.07. The highest BCUT2D eigenvalue weighted by atomic mass is 19.1. The standard InChI is InChI=1S/C25H20F2N2O4/c1-32-23-13-16(9-10-22(23)33-15-17-5-4-7-19(26)11-17)12-21-24(30)29(25(31)28-21)14-18-6-2-3-8-20(18)27/h2-13H,14-15H2,1H3,(H,28,31)/b21-12+. The Balaban J connectivity index is 1.49. The number of nitrogens with one attached hydrogen (secondary N) is 1. The third-order valence-electron chi connectivity index (χ3n) is 5.03. The molecule has 0 radical (unpaired) electrons. The fraction of sp³-hybridized carbons (Fsp3) is 0.120. The van der Waals surface area contributed by atoms with E-state index in [9.17, 15) is 18.4 Å². The highest BCUT2D eigenvalue weighted by molar-refractivity contribution is 6.13. The summed E-state index contributed by atoms with van der Waals surface area (Å²) in [4.78, 5) is 25.9. The molecule has 0 unspecified atom stereocenters. The SMILES string of the molecule is COc1cc(/C=C2/NC(=O)N(Cc3ccccc3F)C2=O)ccc1OCc1cccc(F)c1. The van der Waals surface area contributed by atoms with Gasteiger partial charge in [0.1, 0.15) is 23.9 Å². The fourth-order valence-electron chi connectivity index (χ4n) is 3.36. The molecule has 0 spiro atoms. The average molecular weight is 450 g/mol. The van der Waals surface area contributed by atoms with Crippen molar-refractivity contribution in [2.24, 2.45) is 0 Å². The van der Waals surface area contributed by atoms with Gasteiger partial charge in [0.05, 0.1) is 13.7 Å². The Bertz CT molecular complexity index is 1240. The van der Waals surface area contributed by atoms with Gasteiger partial charge in [-0.25, -0.2) is 13.6 Å². The van der Waals surface area contributed by atoms with Crippen LogP contribution in [0, 0.1) is 11.6 Å². The van der Waals surface area contributed by atoms with E-state index in [2.05, 4.69) is 5.32 Å². The molecule has 0 aliphatic carbocycles. The van der Waals surface area contributed by atoms with Gasteiger partial charge in [0, 0.05) is 5.56 Å². The van der Waals surface area contributed by atoms with Crippen molar-refractivity contribution in [2.75, 3.05) is 7.11 Å². The Kier molecular flexibility index (Phi) is 6.35. The minimum atomic E-state index is -0.628. The van der Waals surface area contributed by atoms with Crippen molar-refractivity contribution in [1.29, 1.82) is 0 Å². The number of carbonyl (C=O) groups excluding carboxylic acids is 2. The number of rotatable bonds is 7. The molecule has 3 aromatic carbocycles. The van der Waals surface area contributed by atoms with Crippen LogP contribution in [0.2, 0.25) is 0 Å². The van der Waals surface area contributed by atoms with E-state index in [4.69, 9.17) is 9.47 Å². The predicted molar refractivity (Wildman–Crippen MR) is 117 cm³/mol. The fourth-order valence-corrected chi connectivity index (χ4v) is 3.36. The molecule has 8 heteroatoms. The van der Waals surface area contributed by atoms with Crippen LogP contribution in [0.4, 0.5) is 13.6 Å². The van der Waals surface area contributed by atoms with Crippen LogP contribution in [-0.4, -0.2) is 23.9 Å². The number of nitrogens with zero attached hydrogens (tertiary/aromatic N) is 1. The van der Waals surface area contributed by atoms with E-state index >= 15 is 0 Å². The zero-order valence-corrected chi connectivity index (χ0v) is 17.7. The first kappa shape index (κ1) is 22.0. The van der Waals surface area contributed by atoms with Crippen LogP contribution in [-0.2, 0) is 17.9 Å². The molecule has 33 heavy (non-hydrogen) atoms. The summed E-state index contributed by atoms with van der Waals surface area (Å²) in [5.74, 6) is -0.562. The second-order valence-electron chi connectivity index (χ2n) is 7.30. The van der Waals surface area contributed by atoms with Gasteiger partial charge in [0.2, 0.25) is 0 Å². The van der Waals surface area contributed by atoms with E-state index < -0.39 is 17.8 Å². The third kappa shape index (κ3) is 5.01. The van der Waals surface area contributed by atoms with Crippen molar-refractivity contribution >= 4 is 18.0 Å². The Hall–Kier alpha value is -4.20. The molecule has 1 aliphatic rings. The highest BCUT2D eigenvalue weighted by Crippen LogP contribution is 2.30. The Morgan fingerprint density at radius 1 is 0.970 bits per heavy atom. The maximum absolute atomic E-state index is 13.9. The summed E-state index contributed by atoms with van der Waals surface area (Å²) in [5, 5.41) is 2.51. The lowest BCUT2D eigenvalue weighted by molar-refractivity contribution is -0.123. The number of hydrogen-bond donors (Lipinski definition) is 1. The van der Waals surface area contributed by atoms with Crippen molar-refractivity contribution in [3.05, 3.63) is 101 Å². The van der Waals surface area contributed by atoms with Gasteiger partial charge < -0.3 is 14.8 Å². The van der Waals surface area contributed by atoms with Gasteiger partial charge in [0.15, 0.2) is 11.5 Å². The molecule has 1 fully saturated rings. The van der Waals surface area contributed by atoms with Gasteiger partial charge in [0.25, 0.3) is 5.91 Å². The first-order valence-corrected chi connectivity index (χ1v) is 10.1. The third-order valence-corrected chi connectivity index (χ3v) is 5.03. The lowest BCUT2D eigenvalue weighted by atomic mass is 10.1. The number of halogens is 2. The predicted octanol–water partition coefficient (Wildman–Crippen LogP) is 4.65. The van der Waals surface area contributed by atoms with Crippen LogP contribution < -0.4 is 14.8 Å². The summed E-state index contributed by atoms with van der Waals surface area (Å²) in [6, 6.07) is 16.4. The summed E-state index contributed by atoms with van der Waals surface area (Å²) in [6.45, 7) is -0.0288. The molecule has 0 aromatic heterocycles. The topological polar surface area (TPSA) is 67.9 Å². The zero-order valence-electron chi connectivity index (χ0n) is 17.7. The van der Waals surface area contributed by atoms with Gasteiger partial charge in [-0.05, 0) is 47.5 Å². The monoisotopic (exact) mass is 450 g/mol. The number of imide groups is 1. The van der Waals surface area contributed by atoms with E-state index in [-0.39, 0.29) is 30.2 Å². The molecule has 0 bridgehead atoms. The van der Waals surface area contributed by atoms with Crippen LogP contribution in [0.25, 0.3) is 6.08 Å².